The lowest BCUT2D eigenvalue weighted by molar-refractivity contribution is 0.614. The largest absolute Gasteiger partial charge is 0.347 e. The van der Waals surface area contributed by atoms with Crippen molar-refractivity contribution in [3.63, 3.8) is 0 Å². The van der Waals surface area contributed by atoms with Gasteiger partial charge in [-0.3, -0.25) is 0 Å². The van der Waals surface area contributed by atoms with E-state index < -0.39 is 0 Å². The summed E-state index contributed by atoms with van der Waals surface area (Å²) in [6, 6.07) is 9.67. The van der Waals surface area contributed by atoms with Crippen LogP contribution in [0.2, 0.25) is 0 Å². The van der Waals surface area contributed by atoms with Crippen molar-refractivity contribution in [1.82, 2.24) is 9.88 Å². The molecule has 0 spiro atoms. The van der Waals surface area contributed by atoms with E-state index in [9.17, 15) is 0 Å². The van der Waals surface area contributed by atoms with Crippen LogP contribution in [0.25, 0.3) is 10.9 Å². The third-order valence-electron chi connectivity index (χ3n) is 4.28. The summed E-state index contributed by atoms with van der Waals surface area (Å²) in [7, 11) is 0. The molecule has 0 radical (unpaired) electrons. The van der Waals surface area contributed by atoms with Gasteiger partial charge in [0.15, 0.2) is 0 Å². The van der Waals surface area contributed by atoms with Crippen molar-refractivity contribution in [2.24, 2.45) is 0 Å². The molecule has 1 aromatic heterocycles. The maximum Gasteiger partial charge on any atom is 0.0483 e. The molecule has 2 nitrogen and oxygen atoms in total. The molecule has 1 heterocycles. The monoisotopic (exact) mass is 270 g/mol. The molecule has 0 unspecified atom stereocenters. The van der Waals surface area contributed by atoms with E-state index in [1.165, 1.54) is 48.6 Å². The number of nitrogens with one attached hydrogen (secondary N) is 1. The standard InChI is InChI=1S/C18H26N2/c1-2-3-6-13-20-14-15(11-12-19-16-9-10-16)17-7-4-5-8-18(17)20/h4-5,7-8,14,16,19H,2-3,6,9-13H2,1H3. The fourth-order valence-corrected chi connectivity index (χ4v) is 2.94. The molecule has 1 fully saturated rings. The van der Waals surface area contributed by atoms with Crippen LogP contribution in [0.5, 0.6) is 0 Å². The molecular formula is C18H26N2. The number of rotatable bonds is 8. The number of unbranched alkanes of at least 4 members (excludes halogenated alkanes) is 2. The van der Waals surface area contributed by atoms with Gasteiger partial charge in [-0.1, -0.05) is 38.0 Å². The number of nitrogens with zero attached hydrogens (tertiary/aromatic N) is 1. The lowest BCUT2D eigenvalue weighted by Crippen LogP contribution is -2.19. The molecular weight excluding hydrogens is 244 g/mol. The second kappa shape index (κ2) is 6.45. The van der Waals surface area contributed by atoms with E-state index in [0.717, 1.165) is 25.6 Å². The second-order valence-corrected chi connectivity index (χ2v) is 6.05. The van der Waals surface area contributed by atoms with Crippen LogP contribution in [0, 0.1) is 0 Å². The van der Waals surface area contributed by atoms with Crippen LogP contribution in [0.1, 0.15) is 44.6 Å². The van der Waals surface area contributed by atoms with Gasteiger partial charge in [0.05, 0.1) is 0 Å². The van der Waals surface area contributed by atoms with Crippen molar-refractivity contribution >= 4 is 10.9 Å². The first-order valence-electron chi connectivity index (χ1n) is 8.18. The molecule has 2 aromatic rings. The minimum atomic E-state index is 0.813. The fraction of sp³-hybridized carbons (Fsp3) is 0.556. The Bertz CT molecular complexity index is 552. The van der Waals surface area contributed by atoms with Crippen LogP contribution in [0.4, 0.5) is 0 Å². The van der Waals surface area contributed by atoms with Crippen molar-refractivity contribution in [3.05, 3.63) is 36.0 Å². The molecule has 1 aliphatic carbocycles. The lowest BCUT2D eigenvalue weighted by Gasteiger charge is -2.03. The van der Waals surface area contributed by atoms with Crippen LogP contribution in [0.3, 0.4) is 0 Å². The van der Waals surface area contributed by atoms with Gasteiger partial charge < -0.3 is 9.88 Å². The van der Waals surface area contributed by atoms with Crippen LogP contribution in [0.15, 0.2) is 30.5 Å². The van der Waals surface area contributed by atoms with E-state index in [4.69, 9.17) is 0 Å². The molecule has 0 bridgehead atoms. The summed E-state index contributed by atoms with van der Waals surface area (Å²) in [5.41, 5.74) is 2.91. The molecule has 0 atom stereocenters. The van der Waals surface area contributed by atoms with Crippen LogP contribution >= 0.6 is 0 Å². The predicted molar refractivity (Wildman–Crippen MR) is 86.2 cm³/mol. The second-order valence-electron chi connectivity index (χ2n) is 6.05. The Balaban J connectivity index is 1.72. The summed E-state index contributed by atoms with van der Waals surface area (Å²) in [5.74, 6) is 0. The summed E-state index contributed by atoms with van der Waals surface area (Å²) in [6.07, 6.45) is 10.2. The van der Waals surface area contributed by atoms with Gasteiger partial charge in [-0.05, 0) is 43.9 Å². The zero-order valence-electron chi connectivity index (χ0n) is 12.6. The third-order valence-corrected chi connectivity index (χ3v) is 4.28. The Hall–Kier alpha value is -1.28. The summed E-state index contributed by atoms with van der Waals surface area (Å²) >= 11 is 0. The summed E-state index contributed by atoms with van der Waals surface area (Å²) in [4.78, 5) is 0. The highest BCUT2D eigenvalue weighted by Gasteiger charge is 2.19. The highest BCUT2D eigenvalue weighted by Crippen LogP contribution is 2.23. The highest BCUT2D eigenvalue weighted by atomic mass is 15.0. The maximum absolute atomic E-state index is 3.62. The maximum atomic E-state index is 3.62. The molecule has 1 aromatic carbocycles. The average Bonchev–Trinajstić information content (AvgIpc) is 3.23. The first-order valence-corrected chi connectivity index (χ1v) is 8.18. The van der Waals surface area contributed by atoms with Gasteiger partial charge in [0.1, 0.15) is 0 Å². The Morgan fingerprint density at radius 3 is 2.85 bits per heavy atom. The third kappa shape index (κ3) is 3.24. The molecule has 0 saturated heterocycles. The summed E-state index contributed by atoms with van der Waals surface area (Å²) in [6.45, 7) is 4.54. The number of hydrogen-bond acceptors (Lipinski definition) is 1. The predicted octanol–water partition coefficient (Wildman–Crippen LogP) is 4.13. The van der Waals surface area contributed by atoms with E-state index in [0.29, 0.717) is 0 Å². The Kier molecular flexibility index (Phi) is 4.41. The fourth-order valence-electron chi connectivity index (χ4n) is 2.94. The van der Waals surface area contributed by atoms with E-state index in [1.54, 1.807) is 0 Å². The van der Waals surface area contributed by atoms with Gasteiger partial charge in [-0.15, -0.1) is 0 Å². The molecule has 20 heavy (non-hydrogen) atoms. The molecule has 3 rings (SSSR count). The first kappa shape index (κ1) is 13.7. The molecule has 1 saturated carbocycles. The normalized spacial score (nSPS) is 15.1. The quantitative estimate of drug-likeness (QED) is 0.714. The number of hydrogen-bond donors (Lipinski definition) is 1. The van der Waals surface area contributed by atoms with E-state index in [-0.39, 0.29) is 0 Å². The molecule has 1 N–H and O–H groups in total. The first-order chi connectivity index (χ1) is 9.88. The Labute approximate surface area is 122 Å². The van der Waals surface area contributed by atoms with E-state index >= 15 is 0 Å². The number of fused-ring (bicyclic) bond motifs is 1. The minimum absolute atomic E-state index is 0.813. The summed E-state index contributed by atoms with van der Waals surface area (Å²) < 4.78 is 2.46. The van der Waals surface area contributed by atoms with Crippen LogP contribution in [-0.2, 0) is 13.0 Å². The van der Waals surface area contributed by atoms with Gasteiger partial charge in [-0.2, -0.15) is 0 Å². The molecule has 2 heteroatoms. The van der Waals surface area contributed by atoms with Crippen molar-refractivity contribution in [2.75, 3.05) is 6.54 Å². The molecule has 0 aliphatic heterocycles. The minimum Gasteiger partial charge on any atom is -0.347 e. The molecule has 0 amide bonds. The van der Waals surface area contributed by atoms with Crippen LogP contribution < -0.4 is 5.32 Å². The number of aryl methyl sites for hydroxylation is 1. The Morgan fingerprint density at radius 2 is 2.05 bits per heavy atom. The van der Waals surface area contributed by atoms with E-state index in [2.05, 4.69) is 47.3 Å². The molecule has 1 aliphatic rings. The lowest BCUT2D eigenvalue weighted by atomic mass is 10.1. The van der Waals surface area contributed by atoms with Crippen molar-refractivity contribution in [1.29, 1.82) is 0 Å². The number of aromatic nitrogens is 1. The smallest absolute Gasteiger partial charge is 0.0483 e. The van der Waals surface area contributed by atoms with Gasteiger partial charge in [0.25, 0.3) is 0 Å². The van der Waals surface area contributed by atoms with Gasteiger partial charge in [-0.25, -0.2) is 0 Å². The van der Waals surface area contributed by atoms with Crippen molar-refractivity contribution in [3.8, 4) is 0 Å². The van der Waals surface area contributed by atoms with Crippen molar-refractivity contribution < 1.29 is 0 Å². The number of para-hydroxylation sites is 1. The van der Waals surface area contributed by atoms with Gasteiger partial charge in [0, 0.05) is 29.7 Å². The topological polar surface area (TPSA) is 17.0 Å². The zero-order valence-corrected chi connectivity index (χ0v) is 12.6. The average molecular weight is 270 g/mol. The zero-order chi connectivity index (χ0) is 13.8. The number of benzene rings is 1. The summed E-state index contributed by atoms with van der Waals surface area (Å²) in [5, 5.41) is 5.07. The van der Waals surface area contributed by atoms with Crippen LogP contribution in [-0.4, -0.2) is 17.2 Å². The van der Waals surface area contributed by atoms with Gasteiger partial charge >= 0.3 is 0 Å². The SMILES string of the molecule is CCCCCn1cc(CCNC2CC2)c2ccccc21. The van der Waals surface area contributed by atoms with E-state index in [1.807, 2.05) is 0 Å². The van der Waals surface area contributed by atoms with Gasteiger partial charge in [0.2, 0.25) is 0 Å². The highest BCUT2D eigenvalue weighted by molar-refractivity contribution is 5.84. The molecule has 108 valence electrons. The van der Waals surface area contributed by atoms with Crippen molar-refractivity contribution in [2.45, 2.75) is 58.0 Å². The Morgan fingerprint density at radius 1 is 1.20 bits per heavy atom.